The molecule has 158 valence electrons. The molecule has 0 saturated heterocycles. The molecule has 3 rings (SSSR count). The Kier molecular flexibility index (Phi) is 7.18. The largest absolute Gasteiger partial charge is 0.494 e. The molecular weight excluding hydrogens is 406 g/mol. The van der Waals surface area contributed by atoms with E-state index in [9.17, 15) is 14.4 Å². The summed E-state index contributed by atoms with van der Waals surface area (Å²) >= 11 is 1.33. The van der Waals surface area contributed by atoms with E-state index in [0.29, 0.717) is 42.0 Å². The van der Waals surface area contributed by atoms with Crippen LogP contribution in [0.3, 0.4) is 0 Å². The summed E-state index contributed by atoms with van der Waals surface area (Å²) in [4.78, 5) is 43.3. The third-order valence-electron chi connectivity index (χ3n) is 4.29. The van der Waals surface area contributed by atoms with E-state index < -0.39 is 5.91 Å². The molecule has 2 heterocycles. The second-order valence-electron chi connectivity index (χ2n) is 6.60. The summed E-state index contributed by atoms with van der Waals surface area (Å²) in [6.07, 6.45) is 0.867. The molecule has 9 heteroatoms. The predicted octanol–water partition coefficient (Wildman–Crippen LogP) is 2.95. The number of hydrogen-bond donors (Lipinski definition) is 2. The number of aromatic nitrogens is 2. The molecule has 0 bridgehead atoms. The molecule has 8 nitrogen and oxygen atoms in total. The van der Waals surface area contributed by atoms with Crippen molar-refractivity contribution in [3.05, 3.63) is 57.0 Å². The number of thiophene rings is 1. The summed E-state index contributed by atoms with van der Waals surface area (Å²) in [7, 11) is 0. The maximum absolute atomic E-state index is 12.4. The molecule has 0 atom stereocenters. The Labute approximate surface area is 177 Å². The van der Waals surface area contributed by atoms with Gasteiger partial charge in [0.2, 0.25) is 5.82 Å². The highest BCUT2D eigenvalue weighted by atomic mass is 32.1. The van der Waals surface area contributed by atoms with Gasteiger partial charge in [-0.05, 0) is 48.9 Å². The number of amides is 1. The fourth-order valence-electron chi connectivity index (χ4n) is 2.85. The van der Waals surface area contributed by atoms with Crippen molar-refractivity contribution in [3.8, 4) is 5.75 Å². The fraction of sp³-hybridized carbons (Fsp3) is 0.333. The van der Waals surface area contributed by atoms with E-state index in [1.165, 1.54) is 11.3 Å². The first-order chi connectivity index (χ1) is 14.5. The standard InChI is InChI=1S/C21H23N3O5S/c1-3-28-16(25)8-5-9-29-15-7-4-6-14(10-15)11-22-20(27)18-23-19(26)17-13(2)12-30-21(17)24-18/h4,6-7,10,12H,3,5,8-9,11H2,1-2H3,(H,22,27)(H,23,24,26). The van der Waals surface area contributed by atoms with Gasteiger partial charge in [-0.25, -0.2) is 4.98 Å². The number of nitrogens with one attached hydrogen (secondary N) is 2. The quantitative estimate of drug-likeness (QED) is 0.400. The van der Waals surface area contributed by atoms with Crippen molar-refractivity contribution < 1.29 is 19.1 Å². The molecule has 1 aromatic carbocycles. The molecular formula is C21H23N3O5S. The van der Waals surface area contributed by atoms with Crippen LogP contribution in [-0.2, 0) is 16.1 Å². The molecule has 0 aliphatic heterocycles. The molecule has 0 radical (unpaired) electrons. The second-order valence-corrected chi connectivity index (χ2v) is 7.46. The summed E-state index contributed by atoms with van der Waals surface area (Å²) in [5, 5.41) is 5.11. The summed E-state index contributed by atoms with van der Waals surface area (Å²) in [5.74, 6) is -0.0609. The van der Waals surface area contributed by atoms with Crippen molar-refractivity contribution in [2.24, 2.45) is 0 Å². The first-order valence-electron chi connectivity index (χ1n) is 9.61. The molecule has 1 amide bonds. The van der Waals surface area contributed by atoms with Gasteiger partial charge in [0.05, 0.1) is 18.6 Å². The van der Waals surface area contributed by atoms with E-state index in [-0.39, 0.29) is 23.9 Å². The highest BCUT2D eigenvalue weighted by Gasteiger charge is 2.14. The van der Waals surface area contributed by atoms with Crippen molar-refractivity contribution in [3.63, 3.8) is 0 Å². The first kappa shape index (κ1) is 21.5. The van der Waals surface area contributed by atoms with Crippen LogP contribution in [0.25, 0.3) is 10.2 Å². The van der Waals surface area contributed by atoms with Crippen LogP contribution in [-0.4, -0.2) is 35.1 Å². The van der Waals surface area contributed by atoms with Crippen LogP contribution in [0.5, 0.6) is 5.75 Å². The zero-order valence-corrected chi connectivity index (χ0v) is 17.6. The normalized spacial score (nSPS) is 10.7. The Morgan fingerprint density at radius 3 is 2.93 bits per heavy atom. The van der Waals surface area contributed by atoms with E-state index in [4.69, 9.17) is 9.47 Å². The molecule has 0 spiro atoms. The van der Waals surface area contributed by atoms with Crippen LogP contribution in [0, 0.1) is 6.92 Å². The maximum Gasteiger partial charge on any atom is 0.305 e. The molecule has 2 aromatic heterocycles. The van der Waals surface area contributed by atoms with Crippen LogP contribution in [0.4, 0.5) is 0 Å². The van der Waals surface area contributed by atoms with Crippen LogP contribution in [0.2, 0.25) is 0 Å². The summed E-state index contributed by atoms with van der Waals surface area (Å²) < 4.78 is 10.5. The lowest BCUT2D eigenvalue weighted by Crippen LogP contribution is -2.27. The lowest BCUT2D eigenvalue weighted by atomic mass is 10.2. The Hall–Kier alpha value is -3.20. The number of aryl methyl sites for hydroxylation is 1. The minimum absolute atomic E-state index is 0.0132. The number of hydrogen-bond acceptors (Lipinski definition) is 7. The SMILES string of the molecule is CCOC(=O)CCCOc1cccc(CNC(=O)c2nc3scc(C)c3c(=O)[nH]2)c1. The fourth-order valence-corrected chi connectivity index (χ4v) is 3.77. The Morgan fingerprint density at radius 2 is 2.13 bits per heavy atom. The van der Waals surface area contributed by atoms with E-state index >= 15 is 0 Å². The minimum Gasteiger partial charge on any atom is -0.494 e. The van der Waals surface area contributed by atoms with Crippen molar-refractivity contribution in [2.75, 3.05) is 13.2 Å². The lowest BCUT2D eigenvalue weighted by molar-refractivity contribution is -0.143. The van der Waals surface area contributed by atoms with Gasteiger partial charge in [0.1, 0.15) is 10.6 Å². The minimum atomic E-state index is -0.458. The van der Waals surface area contributed by atoms with E-state index in [1.54, 1.807) is 6.92 Å². The van der Waals surface area contributed by atoms with Gasteiger partial charge in [-0.1, -0.05) is 12.1 Å². The van der Waals surface area contributed by atoms with Gasteiger partial charge < -0.3 is 19.8 Å². The number of benzene rings is 1. The van der Waals surface area contributed by atoms with Crippen molar-refractivity contribution in [1.29, 1.82) is 0 Å². The van der Waals surface area contributed by atoms with Crippen LogP contribution >= 0.6 is 11.3 Å². The molecule has 0 aliphatic carbocycles. The Bertz CT molecular complexity index is 1110. The van der Waals surface area contributed by atoms with E-state index in [0.717, 1.165) is 11.1 Å². The van der Waals surface area contributed by atoms with E-state index in [2.05, 4.69) is 15.3 Å². The Balaban J connectivity index is 1.54. The number of ether oxygens (including phenoxy) is 2. The Morgan fingerprint density at radius 1 is 1.30 bits per heavy atom. The smallest absolute Gasteiger partial charge is 0.305 e. The molecule has 0 saturated carbocycles. The molecule has 0 unspecified atom stereocenters. The predicted molar refractivity (Wildman–Crippen MR) is 114 cm³/mol. The third kappa shape index (κ3) is 5.44. The van der Waals surface area contributed by atoms with Crippen LogP contribution < -0.4 is 15.6 Å². The molecule has 0 fully saturated rings. The van der Waals surface area contributed by atoms with Gasteiger partial charge in [-0.15, -0.1) is 11.3 Å². The van der Waals surface area contributed by atoms with Gasteiger partial charge in [-0.3, -0.25) is 14.4 Å². The zero-order valence-electron chi connectivity index (χ0n) is 16.8. The highest BCUT2D eigenvalue weighted by Crippen LogP contribution is 2.19. The maximum atomic E-state index is 12.4. The van der Waals surface area contributed by atoms with Gasteiger partial charge >= 0.3 is 5.97 Å². The van der Waals surface area contributed by atoms with Crippen LogP contribution in [0.15, 0.2) is 34.4 Å². The first-order valence-corrected chi connectivity index (χ1v) is 10.5. The van der Waals surface area contributed by atoms with Crippen molar-refractivity contribution in [1.82, 2.24) is 15.3 Å². The number of carbonyl (C=O) groups is 2. The molecule has 2 N–H and O–H groups in total. The number of nitrogens with zero attached hydrogens (tertiary/aromatic N) is 1. The second kappa shape index (κ2) is 10.0. The van der Waals surface area contributed by atoms with Gasteiger partial charge in [0.15, 0.2) is 0 Å². The van der Waals surface area contributed by atoms with Gasteiger partial charge in [-0.2, -0.15) is 0 Å². The molecule has 30 heavy (non-hydrogen) atoms. The monoisotopic (exact) mass is 429 g/mol. The molecule has 0 aliphatic rings. The highest BCUT2D eigenvalue weighted by molar-refractivity contribution is 7.16. The number of H-pyrrole nitrogens is 1. The van der Waals surface area contributed by atoms with E-state index in [1.807, 2.05) is 36.6 Å². The lowest BCUT2D eigenvalue weighted by Gasteiger charge is -2.09. The number of esters is 1. The number of carbonyl (C=O) groups excluding carboxylic acids is 2. The number of rotatable bonds is 9. The summed E-state index contributed by atoms with van der Waals surface area (Å²) in [6, 6.07) is 7.30. The summed E-state index contributed by atoms with van der Waals surface area (Å²) in [5.41, 5.74) is 1.36. The van der Waals surface area contributed by atoms with Gasteiger partial charge in [0, 0.05) is 13.0 Å². The van der Waals surface area contributed by atoms with Crippen LogP contribution in [0.1, 0.15) is 41.5 Å². The molecule has 3 aromatic rings. The topological polar surface area (TPSA) is 110 Å². The van der Waals surface area contributed by atoms with Crippen molar-refractivity contribution >= 4 is 33.4 Å². The number of fused-ring (bicyclic) bond motifs is 1. The zero-order chi connectivity index (χ0) is 21.5. The van der Waals surface area contributed by atoms with Crippen molar-refractivity contribution in [2.45, 2.75) is 33.2 Å². The average Bonchev–Trinajstić information content (AvgIpc) is 3.11. The summed E-state index contributed by atoms with van der Waals surface area (Å²) in [6.45, 7) is 4.62. The number of aromatic amines is 1. The average molecular weight is 429 g/mol. The third-order valence-corrected chi connectivity index (χ3v) is 5.28. The van der Waals surface area contributed by atoms with Gasteiger partial charge in [0.25, 0.3) is 11.5 Å².